The van der Waals surface area contributed by atoms with E-state index < -0.39 is 5.41 Å². The average molecular weight is 605 g/mol. The van der Waals surface area contributed by atoms with E-state index in [1.54, 1.807) is 0 Å². The van der Waals surface area contributed by atoms with Crippen molar-refractivity contribution in [2.75, 3.05) is 4.90 Å². The fourth-order valence-corrected chi connectivity index (χ4v) is 7.68. The molecule has 0 spiro atoms. The van der Waals surface area contributed by atoms with E-state index in [2.05, 4.69) is 163 Å². The van der Waals surface area contributed by atoms with Gasteiger partial charge in [0.15, 0.2) is 0 Å². The number of nitrogens with zero attached hydrogens (tertiary/aromatic N) is 4. The molecule has 3 aromatic heterocycles. The van der Waals surface area contributed by atoms with E-state index in [1.807, 2.05) is 18.5 Å². The molecule has 0 amide bonds. The Hall–Kier alpha value is -6.00. The molecule has 0 radical (unpaired) electrons. The summed E-state index contributed by atoms with van der Waals surface area (Å²) in [5, 5.41) is 1.13. The van der Waals surface area contributed by atoms with Gasteiger partial charge in [-0.15, -0.1) is 0 Å². The van der Waals surface area contributed by atoms with Crippen LogP contribution in [0.5, 0.6) is 0 Å². The van der Waals surface area contributed by atoms with Gasteiger partial charge in [-0.25, -0.2) is 4.98 Å². The predicted molar refractivity (Wildman–Crippen MR) is 192 cm³/mol. The smallest absolute Gasteiger partial charge is 0.137 e. The second-order valence-electron chi connectivity index (χ2n) is 12.5. The van der Waals surface area contributed by atoms with E-state index in [-0.39, 0.29) is 0 Å². The molecule has 224 valence electrons. The Labute approximate surface area is 274 Å². The largest absolute Gasteiger partial charge is 0.306 e. The van der Waals surface area contributed by atoms with E-state index in [0.29, 0.717) is 0 Å². The van der Waals surface area contributed by atoms with Gasteiger partial charge in [-0.1, -0.05) is 114 Å². The topological polar surface area (TPSA) is 34.0 Å². The third kappa shape index (κ3) is 4.01. The summed E-state index contributed by atoms with van der Waals surface area (Å²) >= 11 is 0. The molecule has 0 atom stereocenters. The predicted octanol–water partition coefficient (Wildman–Crippen LogP) is 10.4. The fourth-order valence-electron chi connectivity index (χ4n) is 7.68. The molecule has 0 saturated heterocycles. The number of hydrogen-bond donors (Lipinski definition) is 0. The van der Waals surface area contributed by atoms with Crippen LogP contribution < -0.4 is 4.90 Å². The fraction of sp³-hybridized carbons (Fsp3) is 0.0698. The third-order valence-corrected chi connectivity index (χ3v) is 9.65. The van der Waals surface area contributed by atoms with Crippen molar-refractivity contribution < 1.29 is 0 Å². The number of benzene rings is 5. The maximum atomic E-state index is 5.19. The molecule has 9 rings (SSSR count). The first-order valence-corrected chi connectivity index (χ1v) is 16.1. The molecular weight excluding hydrogens is 573 g/mol. The van der Waals surface area contributed by atoms with Crippen LogP contribution in [0, 0.1) is 13.8 Å². The van der Waals surface area contributed by atoms with Crippen LogP contribution in [-0.2, 0) is 5.41 Å². The highest BCUT2D eigenvalue weighted by Gasteiger charge is 2.46. The summed E-state index contributed by atoms with van der Waals surface area (Å²) < 4.78 is 2.26. The van der Waals surface area contributed by atoms with Crippen LogP contribution in [0.25, 0.3) is 27.6 Å². The molecule has 5 aromatic carbocycles. The van der Waals surface area contributed by atoms with Crippen molar-refractivity contribution in [1.29, 1.82) is 0 Å². The number of fused-ring (bicyclic) bond motifs is 5. The lowest BCUT2D eigenvalue weighted by Crippen LogP contribution is -2.38. The Kier molecular flexibility index (Phi) is 6.12. The van der Waals surface area contributed by atoms with Crippen molar-refractivity contribution in [3.8, 4) is 5.69 Å². The van der Waals surface area contributed by atoms with E-state index in [0.717, 1.165) is 44.8 Å². The number of rotatable bonds is 4. The number of pyridine rings is 2. The first-order chi connectivity index (χ1) is 23.1. The van der Waals surface area contributed by atoms with Gasteiger partial charge in [-0.2, -0.15) is 0 Å². The van der Waals surface area contributed by atoms with Crippen molar-refractivity contribution in [2.24, 2.45) is 0 Å². The Morgan fingerprint density at radius 1 is 0.532 bits per heavy atom. The molecule has 0 fully saturated rings. The molecule has 0 unspecified atom stereocenters. The van der Waals surface area contributed by atoms with Gasteiger partial charge in [0.05, 0.1) is 45.2 Å². The molecule has 1 aliphatic rings. The zero-order valence-electron chi connectivity index (χ0n) is 26.3. The molecule has 0 aliphatic carbocycles. The average Bonchev–Trinajstić information content (AvgIpc) is 3.46. The molecule has 4 heterocycles. The van der Waals surface area contributed by atoms with Gasteiger partial charge in [-0.05, 0) is 78.6 Å². The minimum Gasteiger partial charge on any atom is -0.306 e. The number of aryl methyl sites for hydroxylation is 2. The number of hydrogen-bond acceptors (Lipinski definition) is 3. The van der Waals surface area contributed by atoms with Crippen LogP contribution in [0.3, 0.4) is 0 Å². The lowest BCUT2D eigenvalue weighted by Gasteiger charge is -2.46. The van der Waals surface area contributed by atoms with E-state index >= 15 is 0 Å². The number of para-hydroxylation sites is 1. The summed E-state index contributed by atoms with van der Waals surface area (Å²) in [4.78, 5) is 12.3. The Balaban J connectivity index is 1.29. The maximum Gasteiger partial charge on any atom is 0.137 e. The molecule has 47 heavy (non-hydrogen) atoms. The summed E-state index contributed by atoms with van der Waals surface area (Å²) in [5.74, 6) is 0.873. The van der Waals surface area contributed by atoms with Crippen molar-refractivity contribution in [3.05, 3.63) is 191 Å². The van der Waals surface area contributed by atoms with Crippen LogP contribution >= 0.6 is 0 Å². The first kappa shape index (κ1) is 27.3. The van der Waals surface area contributed by atoms with Crippen molar-refractivity contribution in [3.63, 3.8) is 0 Å². The zero-order valence-corrected chi connectivity index (χ0v) is 26.3. The SMILES string of the molecule is Cc1ccc2c(c1)C(c1ccccc1)(c1ccccc1)c1cc(C)ccc1N2c1ccc(-n2c3ccccc3c3ncccc32)cn1. The van der Waals surface area contributed by atoms with Crippen molar-refractivity contribution in [2.45, 2.75) is 19.3 Å². The van der Waals surface area contributed by atoms with Crippen LogP contribution in [0.1, 0.15) is 33.4 Å². The lowest BCUT2D eigenvalue weighted by atomic mass is 9.62. The molecule has 1 aliphatic heterocycles. The highest BCUT2D eigenvalue weighted by atomic mass is 15.2. The third-order valence-electron chi connectivity index (χ3n) is 9.65. The van der Waals surface area contributed by atoms with Crippen LogP contribution in [0.4, 0.5) is 17.2 Å². The first-order valence-electron chi connectivity index (χ1n) is 16.1. The minimum atomic E-state index is -0.516. The van der Waals surface area contributed by atoms with Gasteiger partial charge >= 0.3 is 0 Å². The van der Waals surface area contributed by atoms with E-state index in [9.17, 15) is 0 Å². The second-order valence-corrected chi connectivity index (χ2v) is 12.5. The number of aromatic nitrogens is 3. The molecule has 0 bridgehead atoms. The van der Waals surface area contributed by atoms with Gasteiger partial charge in [0.1, 0.15) is 5.82 Å². The van der Waals surface area contributed by atoms with E-state index in [4.69, 9.17) is 9.97 Å². The Morgan fingerprint density at radius 2 is 1.13 bits per heavy atom. The lowest BCUT2D eigenvalue weighted by molar-refractivity contribution is 0.728. The summed E-state index contributed by atoms with van der Waals surface area (Å²) in [7, 11) is 0. The van der Waals surface area contributed by atoms with Gasteiger partial charge in [0, 0.05) is 11.6 Å². The van der Waals surface area contributed by atoms with Gasteiger partial charge in [-0.3, -0.25) is 9.88 Å². The van der Waals surface area contributed by atoms with Crippen molar-refractivity contribution in [1.82, 2.24) is 14.5 Å². The van der Waals surface area contributed by atoms with Crippen molar-refractivity contribution >= 4 is 39.1 Å². The van der Waals surface area contributed by atoms with Gasteiger partial charge in [0.2, 0.25) is 0 Å². The summed E-state index contributed by atoms with van der Waals surface area (Å²) in [5.41, 5.74) is 13.3. The Bertz CT molecular complexity index is 2280. The maximum absolute atomic E-state index is 5.19. The summed E-state index contributed by atoms with van der Waals surface area (Å²) in [6.07, 6.45) is 3.85. The molecule has 4 nitrogen and oxygen atoms in total. The molecular formula is C43H32N4. The number of anilines is 3. The van der Waals surface area contributed by atoms with Gasteiger partial charge in [0.25, 0.3) is 0 Å². The molecule has 8 aromatic rings. The monoisotopic (exact) mass is 604 g/mol. The minimum absolute atomic E-state index is 0.516. The summed E-state index contributed by atoms with van der Waals surface area (Å²) in [6.45, 7) is 4.37. The highest BCUT2D eigenvalue weighted by molar-refractivity contribution is 6.06. The highest BCUT2D eigenvalue weighted by Crippen LogP contribution is 2.57. The summed E-state index contributed by atoms with van der Waals surface area (Å²) in [6, 6.07) is 52.5. The normalized spacial score (nSPS) is 13.4. The standard InChI is InChI=1S/C43H32N4/c1-29-19-22-38-35(26-29)43(31-12-5-3-6-13-31,32-14-7-4-8-15-32)36-27-30(2)20-23-39(36)47(38)41-24-21-33(28-45-41)46-37-17-10-9-16-34(37)42-40(46)18-11-25-44-42/h3-28H,1-2H3. The second kappa shape index (κ2) is 10.5. The van der Waals surface area contributed by atoms with Gasteiger partial charge < -0.3 is 4.57 Å². The molecule has 4 heteroatoms. The Morgan fingerprint density at radius 3 is 1.74 bits per heavy atom. The molecule has 0 N–H and O–H groups in total. The van der Waals surface area contributed by atoms with E-state index in [1.165, 1.54) is 33.4 Å². The van der Waals surface area contributed by atoms with Crippen LogP contribution in [0.15, 0.2) is 158 Å². The molecule has 0 saturated carbocycles. The zero-order chi connectivity index (χ0) is 31.5. The van der Waals surface area contributed by atoms with Crippen LogP contribution in [-0.4, -0.2) is 14.5 Å². The van der Waals surface area contributed by atoms with Crippen LogP contribution in [0.2, 0.25) is 0 Å². The quantitative estimate of drug-likeness (QED) is 0.200.